The van der Waals surface area contributed by atoms with E-state index in [1.807, 2.05) is 0 Å². The van der Waals surface area contributed by atoms with Gasteiger partial charge in [0.2, 0.25) is 0 Å². The molecule has 11 heteroatoms. The van der Waals surface area contributed by atoms with Gasteiger partial charge < -0.3 is 24.6 Å². The molecule has 0 aliphatic rings. The third kappa shape index (κ3) is 44.1. The van der Waals surface area contributed by atoms with Crippen LogP contribution in [0.5, 0.6) is 0 Å². The van der Waals surface area contributed by atoms with Gasteiger partial charge in [-0.25, -0.2) is 4.57 Å². The Kier molecular flexibility index (Phi) is 42.9. The second-order valence-corrected chi connectivity index (χ2v) is 17.6. The topological polar surface area (TPSA) is 149 Å². The molecule has 0 bridgehead atoms. The highest BCUT2D eigenvalue weighted by Crippen LogP contribution is 2.43. The molecule has 59 heavy (non-hydrogen) atoms. The van der Waals surface area contributed by atoms with E-state index in [2.05, 4.69) is 50.3 Å². The largest absolute Gasteiger partial charge is 0.472 e. The summed E-state index contributed by atoms with van der Waals surface area (Å²) in [6, 6.07) is 0. The fourth-order valence-corrected chi connectivity index (χ4v) is 7.34. The second-order valence-electron chi connectivity index (χ2n) is 16.1. The highest BCUT2D eigenvalue weighted by molar-refractivity contribution is 7.47. The summed E-state index contributed by atoms with van der Waals surface area (Å²) in [7, 11) is -4.62. The third-order valence-electron chi connectivity index (χ3n) is 10.3. The van der Waals surface area contributed by atoms with Crippen molar-refractivity contribution >= 4 is 19.8 Å². The van der Waals surface area contributed by atoms with Crippen molar-refractivity contribution < 1.29 is 47.8 Å². The van der Waals surface area contributed by atoms with E-state index in [0.29, 0.717) is 12.8 Å². The van der Waals surface area contributed by atoms with Crippen LogP contribution in [-0.4, -0.2) is 65.7 Å². The van der Waals surface area contributed by atoms with Gasteiger partial charge in [0.15, 0.2) is 6.10 Å². The Hall–Kier alpha value is -1.81. The number of phosphoric acid groups is 1. The van der Waals surface area contributed by atoms with Crippen LogP contribution < -0.4 is 0 Å². The van der Waals surface area contributed by atoms with Gasteiger partial charge in [0, 0.05) is 12.8 Å². The molecule has 0 aromatic rings. The number of ether oxygens (including phenoxy) is 2. The van der Waals surface area contributed by atoms with Crippen LogP contribution in [0.1, 0.15) is 219 Å². The second kappa shape index (κ2) is 44.3. The molecule has 0 aromatic carbocycles. The maximum atomic E-state index is 12.7. The summed E-state index contributed by atoms with van der Waals surface area (Å²) in [6.07, 6.45) is 46.7. The number of hydrogen-bond donors (Lipinski definition) is 3. The summed E-state index contributed by atoms with van der Waals surface area (Å²) in [4.78, 5) is 35.1. The predicted octanol–water partition coefficient (Wildman–Crippen LogP) is 13.1. The van der Waals surface area contributed by atoms with Crippen molar-refractivity contribution in [1.82, 2.24) is 0 Å². The van der Waals surface area contributed by atoms with E-state index < -0.39 is 51.8 Å². The fourth-order valence-electron chi connectivity index (χ4n) is 6.55. The highest BCUT2D eigenvalue weighted by atomic mass is 31.2. The van der Waals surface area contributed by atoms with Crippen molar-refractivity contribution in [2.24, 2.45) is 0 Å². The number of hydrogen-bond acceptors (Lipinski definition) is 9. The zero-order chi connectivity index (χ0) is 43.3. The average Bonchev–Trinajstić information content (AvgIpc) is 3.22. The standard InChI is InChI=1S/C48H89O10P/c1-3-5-7-9-11-13-15-17-19-21-22-24-26-28-30-32-34-36-38-40-48(52)58-46(44-57-59(53,54)56-42-45(50)41-49)43-55-47(51)39-37-35-33-31-29-27-25-23-20-18-16-14-12-10-8-6-4-2/h12,14,18,20-22,45-46,49-50H,3-11,13,15-17,19,23-44H2,1-2H3,(H,53,54)/b14-12-,20-18-,22-21-/t45-,46+/m0/s1. The van der Waals surface area contributed by atoms with Crippen LogP contribution >= 0.6 is 7.82 Å². The molecule has 0 amide bonds. The lowest BCUT2D eigenvalue weighted by Gasteiger charge is -2.20. The van der Waals surface area contributed by atoms with E-state index in [9.17, 15) is 24.2 Å². The van der Waals surface area contributed by atoms with E-state index in [0.717, 1.165) is 57.8 Å². The first-order valence-electron chi connectivity index (χ1n) is 23.9. The van der Waals surface area contributed by atoms with E-state index in [4.69, 9.17) is 23.6 Å². The van der Waals surface area contributed by atoms with Gasteiger partial charge in [-0.3, -0.25) is 18.6 Å². The maximum Gasteiger partial charge on any atom is 0.472 e. The molecule has 0 rings (SSSR count). The van der Waals surface area contributed by atoms with Gasteiger partial charge in [0.05, 0.1) is 19.8 Å². The first kappa shape index (κ1) is 57.2. The molecule has 0 aromatic heterocycles. The monoisotopic (exact) mass is 857 g/mol. The minimum Gasteiger partial charge on any atom is -0.462 e. The molecule has 10 nitrogen and oxygen atoms in total. The van der Waals surface area contributed by atoms with Crippen molar-refractivity contribution in [3.8, 4) is 0 Å². The summed E-state index contributed by atoms with van der Waals surface area (Å²) in [6.45, 7) is 2.36. The minimum atomic E-state index is -4.62. The van der Waals surface area contributed by atoms with E-state index in [-0.39, 0.29) is 19.4 Å². The fraction of sp³-hybridized carbons (Fsp3) is 0.833. The smallest absolute Gasteiger partial charge is 0.462 e. The van der Waals surface area contributed by atoms with Crippen molar-refractivity contribution in [3.05, 3.63) is 36.5 Å². The molecule has 346 valence electrons. The zero-order valence-corrected chi connectivity index (χ0v) is 38.6. The molecule has 0 radical (unpaired) electrons. The lowest BCUT2D eigenvalue weighted by Crippen LogP contribution is -2.29. The highest BCUT2D eigenvalue weighted by Gasteiger charge is 2.27. The van der Waals surface area contributed by atoms with Gasteiger partial charge >= 0.3 is 19.8 Å². The molecule has 0 spiro atoms. The number of aliphatic hydroxyl groups excluding tert-OH is 2. The number of carbonyl (C=O) groups is 2. The van der Waals surface area contributed by atoms with Gasteiger partial charge in [0.25, 0.3) is 0 Å². The van der Waals surface area contributed by atoms with E-state index in [1.54, 1.807) is 0 Å². The Labute approximate surface area is 361 Å². The van der Waals surface area contributed by atoms with Gasteiger partial charge in [-0.05, 0) is 70.6 Å². The zero-order valence-electron chi connectivity index (χ0n) is 37.7. The SMILES string of the molecule is CCCCC/C=C\C/C=C\CCCCCCCCCC(=O)OC[C@H](COP(=O)(O)OC[C@@H](O)CO)OC(=O)CCCCCCCCC/C=C\CCCCCCCCCC. The van der Waals surface area contributed by atoms with Crippen molar-refractivity contribution in [2.75, 3.05) is 26.4 Å². The number of aliphatic hydroxyl groups is 2. The summed E-state index contributed by atoms with van der Waals surface area (Å²) in [5.41, 5.74) is 0. The number of phosphoric ester groups is 1. The van der Waals surface area contributed by atoms with Gasteiger partial charge in [0.1, 0.15) is 12.7 Å². The Morgan fingerprint density at radius 2 is 0.881 bits per heavy atom. The molecule has 0 heterocycles. The van der Waals surface area contributed by atoms with Gasteiger partial charge in [-0.1, -0.05) is 172 Å². The number of rotatable bonds is 45. The molecule has 0 aliphatic heterocycles. The van der Waals surface area contributed by atoms with Crippen LogP contribution in [0.3, 0.4) is 0 Å². The summed E-state index contributed by atoms with van der Waals surface area (Å²) in [5.74, 6) is -0.933. The maximum absolute atomic E-state index is 12.7. The first-order chi connectivity index (χ1) is 28.7. The lowest BCUT2D eigenvalue weighted by atomic mass is 10.1. The van der Waals surface area contributed by atoms with E-state index in [1.165, 1.54) is 122 Å². The number of allylic oxidation sites excluding steroid dienone is 6. The third-order valence-corrected chi connectivity index (χ3v) is 11.2. The summed E-state index contributed by atoms with van der Waals surface area (Å²) >= 11 is 0. The number of unbranched alkanes of at least 4 members (excludes halogenated alkanes) is 25. The molecule has 0 saturated heterocycles. The summed E-state index contributed by atoms with van der Waals surface area (Å²) < 4.78 is 32.8. The first-order valence-corrected chi connectivity index (χ1v) is 25.4. The Bertz CT molecular complexity index is 1080. The molecule has 3 atom stereocenters. The summed E-state index contributed by atoms with van der Waals surface area (Å²) in [5, 5.41) is 18.4. The average molecular weight is 857 g/mol. The predicted molar refractivity (Wildman–Crippen MR) is 242 cm³/mol. The molecular weight excluding hydrogens is 767 g/mol. The molecular formula is C48H89O10P. The lowest BCUT2D eigenvalue weighted by molar-refractivity contribution is -0.161. The van der Waals surface area contributed by atoms with Gasteiger partial charge in [-0.15, -0.1) is 0 Å². The Morgan fingerprint density at radius 1 is 0.508 bits per heavy atom. The molecule has 0 aliphatic carbocycles. The van der Waals surface area contributed by atoms with Crippen LogP contribution in [0.2, 0.25) is 0 Å². The molecule has 0 saturated carbocycles. The number of esters is 2. The van der Waals surface area contributed by atoms with Crippen LogP contribution in [0.4, 0.5) is 0 Å². The molecule has 0 fully saturated rings. The van der Waals surface area contributed by atoms with Crippen LogP contribution in [0.25, 0.3) is 0 Å². The van der Waals surface area contributed by atoms with Crippen molar-refractivity contribution in [3.63, 3.8) is 0 Å². The van der Waals surface area contributed by atoms with Crippen molar-refractivity contribution in [2.45, 2.75) is 232 Å². The number of carbonyl (C=O) groups excluding carboxylic acids is 2. The minimum absolute atomic E-state index is 0.178. The van der Waals surface area contributed by atoms with Crippen LogP contribution in [0.15, 0.2) is 36.5 Å². The molecule has 1 unspecified atom stereocenters. The van der Waals surface area contributed by atoms with E-state index >= 15 is 0 Å². The van der Waals surface area contributed by atoms with Crippen molar-refractivity contribution in [1.29, 1.82) is 0 Å². The molecule has 3 N–H and O–H groups in total. The van der Waals surface area contributed by atoms with Crippen LogP contribution in [-0.2, 0) is 32.7 Å². The van der Waals surface area contributed by atoms with Crippen LogP contribution in [0, 0.1) is 0 Å². The Morgan fingerprint density at radius 3 is 1.36 bits per heavy atom. The quantitative estimate of drug-likeness (QED) is 0.0234. The normalized spacial score (nSPS) is 14.1. The van der Waals surface area contributed by atoms with Gasteiger partial charge in [-0.2, -0.15) is 0 Å². The Balaban J connectivity index is 4.24.